The summed E-state index contributed by atoms with van der Waals surface area (Å²) in [4.78, 5) is 12.4. The summed E-state index contributed by atoms with van der Waals surface area (Å²) in [5.41, 5.74) is 5.75. The lowest BCUT2D eigenvalue weighted by molar-refractivity contribution is -0.133. The standard InChI is InChI=1S/C25H20N2O2/c28-25(17-21-9-6-8-20-7-4-5-12-24(20)21)29-23-15-13-19(14-16-23)18-26-27-22-10-2-1-3-11-22/h1-16,18,27H,17H2/b26-18-. The Labute approximate surface area is 169 Å². The van der Waals surface area contributed by atoms with Crippen LogP contribution in [-0.2, 0) is 11.2 Å². The van der Waals surface area contributed by atoms with E-state index in [0.29, 0.717) is 5.75 Å². The maximum absolute atomic E-state index is 12.4. The molecular formula is C25H20N2O2. The third kappa shape index (κ3) is 4.87. The number of benzene rings is 4. The molecule has 0 aliphatic rings. The lowest BCUT2D eigenvalue weighted by Crippen LogP contribution is -2.11. The van der Waals surface area contributed by atoms with Gasteiger partial charge in [0.15, 0.2) is 0 Å². The first-order valence-electron chi connectivity index (χ1n) is 9.39. The topological polar surface area (TPSA) is 50.7 Å². The Hall–Kier alpha value is -3.92. The molecule has 4 aromatic rings. The van der Waals surface area contributed by atoms with Crippen LogP contribution in [0.2, 0.25) is 0 Å². The van der Waals surface area contributed by atoms with Crippen LogP contribution < -0.4 is 10.2 Å². The number of hydrogen-bond acceptors (Lipinski definition) is 4. The number of rotatable bonds is 6. The average molecular weight is 380 g/mol. The van der Waals surface area contributed by atoms with E-state index in [1.807, 2.05) is 84.9 Å². The van der Waals surface area contributed by atoms with Crippen molar-refractivity contribution in [1.82, 2.24) is 0 Å². The molecule has 4 rings (SSSR count). The number of carbonyl (C=O) groups is 1. The molecule has 0 aliphatic heterocycles. The van der Waals surface area contributed by atoms with Crippen LogP contribution in [0.15, 0.2) is 102 Å². The molecule has 0 atom stereocenters. The van der Waals surface area contributed by atoms with Gasteiger partial charge in [0.1, 0.15) is 5.75 Å². The van der Waals surface area contributed by atoms with E-state index < -0.39 is 0 Å². The van der Waals surface area contributed by atoms with E-state index in [1.165, 1.54) is 0 Å². The van der Waals surface area contributed by atoms with Gasteiger partial charge in [0, 0.05) is 0 Å². The summed E-state index contributed by atoms with van der Waals surface area (Å²) in [6.45, 7) is 0. The van der Waals surface area contributed by atoms with Crippen LogP contribution >= 0.6 is 0 Å². The monoisotopic (exact) mass is 380 g/mol. The van der Waals surface area contributed by atoms with Gasteiger partial charge >= 0.3 is 5.97 Å². The van der Waals surface area contributed by atoms with Crippen molar-refractivity contribution in [3.05, 3.63) is 108 Å². The number of hydrogen-bond donors (Lipinski definition) is 1. The maximum atomic E-state index is 12.4. The van der Waals surface area contributed by atoms with Gasteiger partial charge in [-0.15, -0.1) is 0 Å². The second-order valence-corrected chi connectivity index (χ2v) is 6.59. The summed E-state index contributed by atoms with van der Waals surface area (Å²) in [6.07, 6.45) is 1.94. The van der Waals surface area contributed by atoms with Crippen molar-refractivity contribution in [2.45, 2.75) is 6.42 Å². The minimum absolute atomic E-state index is 0.228. The molecule has 0 radical (unpaired) electrons. The molecular weight excluding hydrogens is 360 g/mol. The van der Waals surface area contributed by atoms with Gasteiger partial charge in [0.05, 0.1) is 18.3 Å². The van der Waals surface area contributed by atoms with Gasteiger partial charge in [-0.3, -0.25) is 10.2 Å². The third-order valence-electron chi connectivity index (χ3n) is 4.51. The molecule has 0 saturated heterocycles. The fraction of sp³-hybridized carbons (Fsp3) is 0.0400. The van der Waals surface area contributed by atoms with Crippen LogP contribution in [0.3, 0.4) is 0 Å². The molecule has 0 aliphatic carbocycles. The average Bonchev–Trinajstić information content (AvgIpc) is 2.76. The predicted octanol–water partition coefficient (Wildman–Crippen LogP) is 5.43. The van der Waals surface area contributed by atoms with E-state index in [0.717, 1.165) is 27.6 Å². The van der Waals surface area contributed by atoms with E-state index in [4.69, 9.17) is 4.74 Å². The number of fused-ring (bicyclic) bond motifs is 1. The third-order valence-corrected chi connectivity index (χ3v) is 4.51. The molecule has 0 spiro atoms. The fourth-order valence-corrected chi connectivity index (χ4v) is 3.09. The second-order valence-electron chi connectivity index (χ2n) is 6.59. The normalized spacial score (nSPS) is 10.9. The van der Waals surface area contributed by atoms with Crippen molar-refractivity contribution >= 4 is 28.6 Å². The largest absolute Gasteiger partial charge is 0.426 e. The summed E-state index contributed by atoms with van der Waals surface area (Å²) in [5.74, 6) is 0.233. The first kappa shape index (κ1) is 18.4. The number of anilines is 1. The molecule has 0 unspecified atom stereocenters. The first-order chi connectivity index (χ1) is 14.3. The number of para-hydroxylation sites is 1. The van der Waals surface area contributed by atoms with Gasteiger partial charge in [0.25, 0.3) is 0 Å². The highest BCUT2D eigenvalue weighted by molar-refractivity contribution is 5.89. The Morgan fingerprint density at radius 2 is 1.55 bits per heavy atom. The van der Waals surface area contributed by atoms with Crippen molar-refractivity contribution in [3.63, 3.8) is 0 Å². The molecule has 0 bridgehead atoms. The summed E-state index contributed by atoms with van der Waals surface area (Å²) < 4.78 is 5.50. The molecule has 0 fully saturated rings. The zero-order valence-corrected chi connectivity index (χ0v) is 15.8. The Morgan fingerprint density at radius 1 is 0.828 bits per heavy atom. The van der Waals surface area contributed by atoms with Crippen LogP contribution in [0.5, 0.6) is 5.75 Å². The maximum Gasteiger partial charge on any atom is 0.315 e. The number of hydrazone groups is 1. The van der Waals surface area contributed by atoms with Crippen LogP contribution in [0, 0.1) is 0 Å². The minimum atomic E-state index is -0.284. The molecule has 4 nitrogen and oxygen atoms in total. The van der Waals surface area contributed by atoms with E-state index in [2.05, 4.69) is 10.5 Å². The van der Waals surface area contributed by atoms with Crippen LogP contribution in [0.4, 0.5) is 5.69 Å². The van der Waals surface area contributed by atoms with E-state index in [9.17, 15) is 4.79 Å². The second kappa shape index (κ2) is 8.85. The summed E-state index contributed by atoms with van der Waals surface area (Å²) in [7, 11) is 0. The highest BCUT2D eigenvalue weighted by Crippen LogP contribution is 2.20. The molecule has 4 heteroatoms. The van der Waals surface area contributed by atoms with Gasteiger partial charge in [-0.1, -0.05) is 60.7 Å². The molecule has 29 heavy (non-hydrogen) atoms. The number of esters is 1. The van der Waals surface area contributed by atoms with E-state index >= 15 is 0 Å². The van der Waals surface area contributed by atoms with Gasteiger partial charge < -0.3 is 4.74 Å². The number of nitrogens with one attached hydrogen (secondary N) is 1. The molecule has 0 aromatic heterocycles. The predicted molar refractivity (Wildman–Crippen MR) is 117 cm³/mol. The smallest absolute Gasteiger partial charge is 0.315 e. The quantitative estimate of drug-likeness (QED) is 0.210. The van der Waals surface area contributed by atoms with Crippen molar-refractivity contribution < 1.29 is 9.53 Å². The molecule has 1 N–H and O–H groups in total. The minimum Gasteiger partial charge on any atom is -0.426 e. The van der Waals surface area contributed by atoms with Crippen LogP contribution in [0.1, 0.15) is 11.1 Å². The highest BCUT2D eigenvalue weighted by atomic mass is 16.5. The number of carbonyl (C=O) groups excluding carboxylic acids is 1. The zero-order valence-electron chi connectivity index (χ0n) is 15.8. The Kier molecular flexibility index (Phi) is 5.63. The van der Waals surface area contributed by atoms with Gasteiger partial charge in [0.2, 0.25) is 0 Å². The molecule has 0 heterocycles. The van der Waals surface area contributed by atoms with Crippen molar-refractivity contribution in [1.29, 1.82) is 0 Å². The summed E-state index contributed by atoms with van der Waals surface area (Å²) >= 11 is 0. The Morgan fingerprint density at radius 3 is 2.38 bits per heavy atom. The molecule has 0 saturated carbocycles. The summed E-state index contributed by atoms with van der Waals surface area (Å²) in [5, 5.41) is 6.39. The Balaban J connectivity index is 1.36. The lowest BCUT2D eigenvalue weighted by atomic mass is 10.0. The number of ether oxygens (including phenoxy) is 1. The lowest BCUT2D eigenvalue weighted by Gasteiger charge is -2.07. The van der Waals surface area contributed by atoms with Gasteiger partial charge in [-0.2, -0.15) is 5.10 Å². The number of nitrogens with zero attached hydrogens (tertiary/aromatic N) is 1. The van der Waals surface area contributed by atoms with Crippen molar-refractivity contribution in [2.75, 3.05) is 5.43 Å². The molecule has 0 amide bonds. The van der Waals surface area contributed by atoms with E-state index in [1.54, 1.807) is 18.3 Å². The molecule has 142 valence electrons. The molecule has 4 aromatic carbocycles. The fourth-order valence-electron chi connectivity index (χ4n) is 3.09. The Bertz CT molecular complexity index is 1130. The summed E-state index contributed by atoms with van der Waals surface area (Å²) in [6, 6.07) is 31.0. The first-order valence-corrected chi connectivity index (χ1v) is 9.39. The van der Waals surface area contributed by atoms with Crippen LogP contribution in [0.25, 0.3) is 10.8 Å². The SMILES string of the molecule is O=C(Cc1cccc2ccccc12)Oc1ccc(/C=N\Nc2ccccc2)cc1. The zero-order chi connectivity index (χ0) is 19.9. The van der Waals surface area contributed by atoms with Crippen LogP contribution in [-0.4, -0.2) is 12.2 Å². The van der Waals surface area contributed by atoms with Gasteiger partial charge in [-0.25, -0.2) is 0 Å². The van der Waals surface area contributed by atoms with E-state index in [-0.39, 0.29) is 12.4 Å². The van der Waals surface area contributed by atoms with Crippen molar-refractivity contribution in [2.24, 2.45) is 5.10 Å². The highest BCUT2D eigenvalue weighted by Gasteiger charge is 2.09. The van der Waals surface area contributed by atoms with Crippen molar-refractivity contribution in [3.8, 4) is 5.75 Å². The van der Waals surface area contributed by atoms with Gasteiger partial charge in [-0.05, 0) is 58.3 Å².